The summed E-state index contributed by atoms with van der Waals surface area (Å²) in [6.07, 6.45) is 0. The predicted octanol–water partition coefficient (Wildman–Crippen LogP) is 1.16. The summed E-state index contributed by atoms with van der Waals surface area (Å²) in [4.78, 5) is 1.54. The molecule has 5 nitrogen and oxygen atoms in total. The fourth-order valence-electron chi connectivity index (χ4n) is 1.68. The van der Waals surface area contributed by atoms with Crippen LogP contribution in [-0.4, -0.2) is 46.5 Å². The maximum absolute atomic E-state index is 14.0. The molecule has 0 spiro atoms. The fourth-order valence-corrected chi connectivity index (χ4v) is 2.75. The largest absolute Gasteiger partial charge is 0.310 e. The summed E-state index contributed by atoms with van der Waals surface area (Å²) in [6.45, 7) is 5.28. The molecule has 0 radical (unpaired) electrons. The van der Waals surface area contributed by atoms with Crippen molar-refractivity contribution >= 4 is 10.0 Å². The van der Waals surface area contributed by atoms with Gasteiger partial charge >= 0.3 is 0 Å². The number of hydrogen-bond donors (Lipinski definition) is 2. The van der Waals surface area contributed by atoms with Gasteiger partial charge in [0.1, 0.15) is 10.7 Å². The lowest BCUT2D eigenvalue weighted by Crippen LogP contribution is -2.32. The molecule has 1 aromatic rings. The Morgan fingerprint density at radius 1 is 1.29 bits per heavy atom. The van der Waals surface area contributed by atoms with Crippen molar-refractivity contribution < 1.29 is 12.8 Å². The molecule has 7 heteroatoms. The quantitative estimate of drug-likeness (QED) is 0.755. The van der Waals surface area contributed by atoms with Crippen molar-refractivity contribution in [1.29, 1.82) is 0 Å². The second-order valence-electron chi connectivity index (χ2n) is 5.50. The average Bonchev–Trinajstić information content (AvgIpc) is 2.35. The highest BCUT2D eigenvalue weighted by Crippen LogP contribution is 2.16. The van der Waals surface area contributed by atoms with E-state index in [2.05, 4.69) is 10.0 Å². The van der Waals surface area contributed by atoms with E-state index in [1.807, 2.05) is 32.8 Å². The van der Waals surface area contributed by atoms with E-state index in [1.165, 1.54) is 12.1 Å². The Morgan fingerprint density at radius 3 is 2.48 bits per heavy atom. The number of nitrogens with zero attached hydrogens (tertiary/aromatic N) is 1. The Labute approximate surface area is 126 Å². The van der Waals surface area contributed by atoms with E-state index in [-0.39, 0.29) is 17.5 Å². The first kappa shape index (κ1) is 18.0. The van der Waals surface area contributed by atoms with Crippen molar-refractivity contribution in [1.82, 2.24) is 14.9 Å². The third-order valence-electron chi connectivity index (χ3n) is 2.85. The first-order chi connectivity index (χ1) is 9.72. The molecule has 0 fully saturated rings. The second-order valence-corrected chi connectivity index (χ2v) is 7.24. The summed E-state index contributed by atoms with van der Waals surface area (Å²) in [5, 5.41) is 3.16. The molecule has 0 aliphatic rings. The number of halogens is 1. The number of benzene rings is 1. The van der Waals surface area contributed by atoms with E-state index in [1.54, 1.807) is 6.07 Å². The Bertz CT molecular complexity index is 559. The van der Waals surface area contributed by atoms with Crippen LogP contribution in [0.1, 0.15) is 19.4 Å². The van der Waals surface area contributed by atoms with Gasteiger partial charge in [0.05, 0.1) is 0 Å². The molecule has 0 atom stereocenters. The summed E-state index contributed by atoms with van der Waals surface area (Å²) < 4.78 is 40.4. The van der Waals surface area contributed by atoms with Crippen molar-refractivity contribution in [2.75, 3.05) is 27.2 Å². The molecule has 0 aliphatic carbocycles. The Kier molecular flexibility index (Phi) is 6.73. The second kappa shape index (κ2) is 7.84. The predicted molar refractivity (Wildman–Crippen MR) is 82.1 cm³/mol. The highest BCUT2D eigenvalue weighted by Gasteiger charge is 2.18. The van der Waals surface area contributed by atoms with Crippen molar-refractivity contribution in [3.63, 3.8) is 0 Å². The first-order valence-electron chi connectivity index (χ1n) is 6.88. The van der Waals surface area contributed by atoms with Crippen molar-refractivity contribution in [3.05, 3.63) is 29.6 Å². The highest BCUT2D eigenvalue weighted by atomic mass is 32.2. The van der Waals surface area contributed by atoms with Crippen LogP contribution in [0.15, 0.2) is 23.1 Å². The summed E-state index contributed by atoms with van der Waals surface area (Å²) in [7, 11) is -0.129. The number of likely N-dealkylation sites (N-methyl/N-ethyl adjacent to an activating group) is 1. The van der Waals surface area contributed by atoms with Gasteiger partial charge in [-0.2, -0.15) is 0 Å². The zero-order chi connectivity index (χ0) is 16.0. The third kappa shape index (κ3) is 6.09. The maximum atomic E-state index is 14.0. The van der Waals surface area contributed by atoms with Crippen LogP contribution in [-0.2, 0) is 16.6 Å². The monoisotopic (exact) mass is 317 g/mol. The number of sulfonamides is 1. The molecule has 120 valence electrons. The Hall–Kier alpha value is -1.02. The lowest BCUT2D eigenvalue weighted by Gasteiger charge is -2.12. The van der Waals surface area contributed by atoms with Crippen LogP contribution < -0.4 is 10.0 Å². The van der Waals surface area contributed by atoms with Gasteiger partial charge in [-0.3, -0.25) is 0 Å². The first-order valence-corrected chi connectivity index (χ1v) is 8.37. The van der Waals surface area contributed by atoms with Crippen LogP contribution in [0, 0.1) is 5.82 Å². The van der Waals surface area contributed by atoms with Crippen molar-refractivity contribution in [2.24, 2.45) is 0 Å². The minimum Gasteiger partial charge on any atom is -0.310 e. The molecule has 0 saturated carbocycles. The van der Waals surface area contributed by atoms with E-state index in [0.717, 1.165) is 0 Å². The molecule has 21 heavy (non-hydrogen) atoms. The van der Waals surface area contributed by atoms with Gasteiger partial charge in [-0.25, -0.2) is 17.5 Å². The van der Waals surface area contributed by atoms with E-state index < -0.39 is 15.8 Å². The van der Waals surface area contributed by atoms with Gasteiger partial charge < -0.3 is 10.2 Å². The molecule has 0 aliphatic heterocycles. The van der Waals surface area contributed by atoms with Gasteiger partial charge in [-0.05, 0) is 31.8 Å². The standard InChI is InChI=1S/C14H24FN3O2S/c1-11(2)16-10-12-5-6-14(13(15)9-12)21(19,20)17-7-8-18(3)4/h5-6,9,11,16-17H,7-8,10H2,1-4H3. The van der Waals surface area contributed by atoms with Crippen LogP contribution in [0.4, 0.5) is 4.39 Å². The van der Waals surface area contributed by atoms with Crippen LogP contribution in [0.5, 0.6) is 0 Å². The zero-order valence-corrected chi connectivity index (χ0v) is 13.8. The van der Waals surface area contributed by atoms with E-state index in [4.69, 9.17) is 0 Å². The fraction of sp³-hybridized carbons (Fsp3) is 0.571. The molecule has 0 saturated heterocycles. The van der Waals surface area contributed by atoms with E-state index in [0.29, 0.717) is 18.7 Å². The van der Waals surface area contributed by atoms with Crippen LogP contribution >= 0.6 is 0 Å². The Morgan fingerprint density at radius 2 is 1.95 bits per heavy atom. The Balaban J connectivity index is 2.78. The molecular formula is C14H24FN3O2S. The minimum atomic E-state index is -3.81. The molecule has 0 heterocycles. The summed E-state index contributed by atoms with van der Waals surface area (Å²) in [5.41, 5.74) is 0.716. The van der Waals surface area contributed by atoms with Gasteiger partial charge in [0, 0.05) is 25.7 Å². The molecule has 0 amide bonds. The molecular weight excluding hydrogens is 293 g/mol. The molecule has 1 rings (SSSR count). The molecule has 0 aromatic heterocycles. The van der Waals surface area contributed by atoms with Gasteiger partial charge in [-0.1, -0.05) is 19.9 Å². The number of nitrogens with one attached hydrogen (secondary N) is 2. The van der Waals surface area contributed by atoms with E-state index >= 15 is 0 Å². The van der Waals surface area contributed by atoms with Gasteiger partial charge in [0.2, 0.25) is 10.0 Å². The van der Waals surface area contributed by atoms with Crippen LogP contribution in [0.25, 0.3) is 0 Å². The van der Waals surface area contributed by atoms with Crippen molar-refractivity contribution in [3.8, 4) is 0 Å². The number of hydrogen-bond acceptors (Lipinski definition) is 4. The normalized spacial score (nSPS) is 12.3. The van der Waals surface area contributed by atoms with E-state index in [9.17, 15) is 12.8 Å². The molecule has 0 bridgehead atoms. The van der Waals surface area contributed by atoms with Gasteiger partial charge in [0.25, 0.3) is 0 Å². The zero-order valence-electron chi connectivity index (χ0n) is 13.0. The third-order valence-corrected chi connectivity index (χ3v) is 4.35. The maximum Gasteiger partial charge on any atom is 0.243 e. The lowest BCUT2D eigenvalue weighted by atomic mass is 10.2. The minimum absolute atomic E-state index is 0.241. The van der Waals surface area contributed by atoms with Crippen LogP contribution in [0.3, 0.4) is 0 Å². The van der Waals surface area contributed by atoms with Gasteiger partial charge in [-0.15, -0.1) is 0 Å². The molecule has 1 aromatic carbocycles. The van der Waals surface area contributed by atoms with Gasteiger partial charge in [0.15, 0.2) is 0 Å². The smallest absolute Gasteiger partial charge is 0.243 e. The van der Waals surface area contributed by atoms with Crippen LogP contribution in [0.2, 0.25) is 0 Å². The highest BCUT2D eigenvalue weighted by molar-refractivity contribution is 7.89. The summed E-state index contributed by atoms with van der Waals surface area (Å²) in [5.74, 6) is -0.726. The lowest BCUT2D eigenvalue weighted by molar-refractivity contribution is 0.412. The average molecular weight is 317 g/mol. The molecule has 0 unspecified atom stereocenters. The summed E-state index contributed by atoms with van der Waals surface area (Å²) in [6, 6.07) is 4.48. The summed E-state index contributed by atoms with van der Waals surface area (Å²) >= 11 is 0. The molecule has 2 N–H and O–H groups in total. The number of rotatable bonds is 8. The topological polar surface area (TPSA) is 61.4 Å². The van der Waals surface area contributed by atoms with Crippen molar-refractivity contribution in [2.45, 2.75) is 31.3 Å². The SMILES string of the molecule is CC(C)NCc1ccc(S(=O)(=O)NCCN(C)C)c(F)c1.